The number of pyridine rings is 1. The number of amides is 1. The molecule has 5 nitrogen and oxygen atoms in total. The third-order valence-electron chi connectivity index (χ3n) is 3.01. The van der Waals surface area contributed by atoms with E-state index in [0.29, 0.717) is 11.4 Å². The van der Waals surface area contributed by atoms with Crippen LogP contribution in [0.4, 0.5) is 11.4 Å². The molecular weight excluding hydrogens is 254 g/mol. The summed E-state index contributed by atoms with van der Waals surface area (Å²) < 4.78 is 5.16. The number of methoxy groups -OCH3 is 1. The van der Waals surface area contributed by atoms with E-state index < -0.39 is 0 Å². The van der Waals surface area contributed by atoms with Crippen LogP contribution in [0.15, 0.2) is 42.6 Å². The zero-order chi connectivity index (χ0) is 14.5. The highest BCUT2D eigenvalue weighted by Gasteiger charge is 2.15. The van der Waals surface area contributed by atoms with Gasteiger partial charge in [-0.15, -0.1) is 0 Å². The third-order valence-corrected chi connectivity index (χ3v) is 3.01. The number of hydrogen-bond acceptors (Lipinski definition) is 4. The van der Waals surface area contributed by atoms with Crippen LogP contribution in [0.25, 0.3) is 0 Å². The number of benzene rings is 1. The maximum Gasteiger partial charge on any atom is 0.276 e. The second-order valence-electron chi connectivity index (χ2n) is 4.25. The Morgan fingerprint density at radius 3 is 2.80 bits per heavy atom. The van der Waals surface area contributed by atoms with Crippen molar-refractivity contribution in [2.45, 2.75) is 0 Å². The molecule has 104 valence electrons. The zero-order valence-electron chi connectivity index (χ0n) is 11.8. The highest BCUT2D eigenvalue weighted by atomic mass is 16.5. The number of rotatable bonds is 4. The van der Waals surface area contributed by atoms with E-state index in [1.165, 1.54) is 0 Å². The minimum absolute atomic E-state index is 0.171. The van der Waals surface area contributed by atoms with Crippen LogP contribution < -0.4 is 15.0 Å². The smallest absolute Gasteiger partial charge is 0.276 e. The molecule has 0 spiro atoms. The van der Waals surface area contributed by atoms with Crippen LogP contribution in [-0.4, -0.2) is 32.1 Å². The molecule has 0 aliphatic rings. The SMILES string of the molecule is CNc1ccnc(C(=O)N(C)c2cccc(OC)c2)c1. The Morgan fingerprint density at radius 2 is 2.10 bits per heavy atom. The van der Waals surface area contributed by atoms with Gasteiger partial charge in [-0.1, -0.05) is 6.07 Å². The predicted molar refractivity (Wildman–Crippen MR) is 79.5 cm³/mol. The molecule has 0 fully saturated rings. The Labute approximate surface area is 118 Å². The van der Waals surface area contributed by atoms with E-state index in [-0.39, 0.29) is 5.91 Å². The number of nitrogens with one attached hydrogen (secondary N) is 1. The van der Waals surface area contributed by atoms with E-state index in [4.69, 9.17) is 4.74 Å². The van der Waals surface area contributed by atoms with Crippen LogP contribution >= 0.6 is 0 Å². The summed E-state index contributed by atoms with van der Waals surface area (Å²) in [5, 5.41) is 2.99. The van der Waals surface area contributed by atoms with Crippen molar-refractivity contribution in [3.63, 3.8) is 0 Å². The van der Waals surface area contributed by atoms with Crippen molar-refractivity contribution in [3.8, 4) is 5.75 Å². The molecule has 5 heteroatoms. The van der Waals surface area contributed by atoms with E-state index in [2.05, 4.69) is 10.3 Å². The minimum Gasteiger partial charge on any atom is -0.497 e. The van der Waals surface area contributed by atoms with Crippen LogP contribution in [0, 0.1) is 0 Å². The summed E-state index contributed by atoms with van der Waals surface area (Å²) in [5.41, 5.74) is 2.00. The molecule has 20 heavy (non-hydrogen) atoms. The lowest BCUT2D eigenvalue weighted by molar-refractivity contribution is 0.0988. The van der Waals surface area contributed by atoms with Crippen molar-refractivity contribution in [3.05, 3.63) is 48.3 Å². The van der Waals surface area contributed by atoms with E-state index in [1.807, 2.05) is 24.3 Å². The second kappa shape index (κ2) is 6.06. The van der Waals surface area contributed by atoms with Crippen molar-refractivity contribution in [2.75, 3.05) is 31.4 Å². The number of ether oxygens (including phenoxy) is 1. The van der Waals surface area contributed by atoms with Crippen LogP contribution in [0.5, 0.6) is 5.75 Å². The van der Waals surface area contributed by atoms with Gasteiger partial charge in [0.25, 0.3) is 5.91 Å². The topological polar surface area (TPSA) is 54.5 Å². The Morgan fingerprint density at radius 1 is 1.30 bits per heavy atom. The zero-order valence-corrected chi connectivity index (χ0v) is 11.8. The first kappa shape index (κ1) is 13.9. The van der Waals surface area contributed by atoms with Crippen molar-refractivity contribution >= 4 is 17.3 Å². The summed E-state index contributed by atoms with van der Waals surface area (Å²) in [7, 11) is 5.11. The van der Waals surface area contributed by atoms with Crippen LogP contribution in [0.3, 0.4) is 0 Å². The molecule has 0 aliphatic carbocycles. The normalized spacial score (nSPS) is 9.95. The molecule has 2 rings (SSSR count). The summed E-state index contributed by atoms with van der Waals surface area (Å²) in [6.07, 6.45) is 1.61. The fourth-order valence-corrected chi connectivity index (χ4v) is 1.81. The molecule has 1 aromatic heterocycles. The van der Waals surface area contributed by atoms with Crippen LogP contribution in [0.1, 0.15) is 10.5 Å². The molecule has 1 N–H and O–H groups in total. The Kier molecular flexibility index (Phi) is 4.20. The Balaban J connectivity index is 2.27. The van der Waals surface area contributed by atoms with Gasteiger partial charge in [-0.05, 0) is 24.3 Å². The number of nitrogens with zero attached hydrogens (tertiary/aromatic N) is 2. The molecule has 0 unspecified atom stereocenters. The standard InChI is InChI=1S/C15H17N3O2/c1-16-11-7-8-17-14(9-11)15(19)18(2)12-5-4-6-13(10-12)20-3/h4-10H,1-3H3,(H,16,17). The van der Waals surface area contributed by atoms with Gasteiger partial charge in [-0.25, -0.2) is 0 Å². The molecule has 0 atom stereocenters. The highest BCUT2D eigenvalue weighted by molar-refractivity contribution is 6.04. The van der Waals surface area contributed by atoms with E-state index in [9.17, 15) is 4.79 Å². The first-order valence-corrected chi connectivity index (χ1v) is 6.21. The summed E-state index contributed by atoms with van der Waals surface area (Å²) >= 11 is 0. The van der Waals surface area contributed by atoms with Gasteiger partial charge >= 0.3 is 0 Å². The monoisotopic (exact) mass is 271 g/mol. The lowest BCUT2D eigenvalue weighted by atomic mass is 10.2. The lowest BCUT2D eigenvalue weighted by Gasteiger charge is -2.17. The molecule has 0 saturated carbocycles. The fourth-order valence-electron chi connectivity index (χ4n) is 1.81. The summed E-state index contributed by atoms with van der Waals surface area (Å²) in [6, 6.07) is 10.9. The number of carbonyl (C=O) groups is 1. The molecule has 0 saturated heterocycles. The van der Waals surface area contributed by atoms with Gasteiger partial charge in [0.15, 0.2) is 0 Å². The van der Waals surface area contributed by atoms with E-state index in [1.54, 1.807) is 44.4 Å². The van der Waals surface area contributed by atoms with Crippen molar-refractivity contribution in [2.24, 2.45) is 0 Å². The number of aromatic nitrogens is 1. The number of carbonyl (C=O) groups excluding carboxylic acids is 1. The van der Waals surface area contributed by atoms with Crippen LogP contribution in [0.2, 0.25) is 0 Å². The lowest BCUT2D eigenvalue weighted by Crippen LogP contribution is -2.27. The molecule has 1 aromatic carbocycles. The minimum atomic E-state index is -0.171. The first-order valence-electron chi connectivity index (χ1n) is 6.21. The number of hydrogen-bond donors (Lipinski definition) is 1. The average molecular weight is 271 g/mol. The van der Waals surface area contributed by atoms with Crippen molar-refractivity contribution in [1.29, 1.82) is 0 Å². The predicted octanol–water partition coefficient (Wildman–Crippen LogP) is 2.41. The van der Waals surface area contributed by atoms with Gasteiger partial charge in [0.2, 0.25) is 0 Å². The molecule has 0 aliphatic heterocycles. The first-order chi connectivity index (χ1) is 9.65. The average Bonchev–Trinajstić information content (AvgIpc) is 2.53. The maximum atomic E-state index is 12.4. The van der Waals surface area contributed by atoms with Crippen LogP contribution in [-0.2, 0) is 0 Å². The molecule has 1 amide bonds. The molecule has 2 aromatic rings. The summed E-state index contributed by atoms with van der Waals surface area (Å²) in [6.45, 7) is 0. The second-order valence-corrected chi connectivity index (χ2v) is 4.25. The molecule has 1 heterocycles. The summed E-state index contributed by atoms with van der Waals surface area (Å²) in [5.74, 6) is 0.537. The maximum absolute atomic E-state index is 12.4. The fraction of sp³-hybridized carbons (Fsp3) is 0.200. The molecule has 0 radical (unpaired) electrons. The Bertz CT molecular complexity index is 614. The van der Waals surface area contributed by atoms with Gasteiger partial charge in [0.05, 0.1) is 7.11 Å². The van der Waals surface area contributed by atoms with E-state index >= 15 is 0 Å². The van der Waals surface area contributed by atoms with Gasteiger partial charge in [0, 0.05) is 37.7 Å². The van der Waals surface area contributed by atoms with Gasteiger partial charge < -0.3 is 15.0 Å². The van der Waals surface area contributed by atoms with E-state index in [0.717, 1.165) is 11.4 Å². The van der Waals surface area contributed by atoms with Crippen molar-refractivity contribution in [1.82, 2.24) is 4.98 Å². The molecule has 0 bridgehead atoms. The Hall–Kier alpha value is -2.56. The number of anilines is 2. The molecular formula is C15H17N3O2. The van der Waals surface area contributed by atoms with Crippen molar-refractivity contribution < 1.29 is 9.53 Å². The quantitative estimate of drug-likeness (QED) is 0.927. The highest BCUT2D eigenvalue weighted by Crippen LogP contribution is 2.21. The summed E-state index contributed by atoms with van der Waals surface area (Å²) in [4.78, 5) is 18.1. The third kappa shape index (κ3) is 2.88. The largest absolute Gasteiger partial charge is 0.497 e. The van der Waals surface area contributed by atoms with Gasteiger partial charge in [-0.2, -0.15) is 0 Å². The van der Waals surface area contributed by atoms with Gasteiger partial charge in [0.1, 0.15) is 11.4 Å². The van der Waals surface area contributed by atoms with Gasteiger partial charge in [-0.3, -0.25) is 9.78 Å².